The lowest BCUT2D eigenvalue weighted by Crippen LogP contribution is -2.01. The zero-order valence-electron chi connectivity index (χ0n) is 10.8. The van der Waals surface area contributed by atoms with E-state index in [-0.39, 0.29) is 16.4 Å². The van der Waals surface area contributed by atoms with Crippen LogP contribution in [0.15, 0.2) is 24.3 Å². The summed E-state index contributed by atoms with van der Waals surface area (Å²) in [5.74, 6) is -1.78. The lowest BCUT2D eigenvalue weighted by molar-refractivity contribution is 0.587. The van der Waals surface area contributed by atoms with E-state index in [1.807, 2.05) is 0 Å². The van der Waals surface area contributed by atoms with Gasteiger partial charge in [0.1, 0.15) is 17.5 Å². The Labute approximate surface area is 125 Å². The van der Waals surface area contributed by atoms with Crippen molar-refractivity contribution in [2.24, 2.45) is 0 Å². The molecule has 0 spiro atoms. The Bertz CT molecular complexity index is 645. The van der Waals surface area contributed by atoms with Crippen LogP contribution in [-0.4, -0.2) is 0 Å². The first-order chi connectivity index (χ1) is 9.31. The number of rotatable bonds is 2. The fourth-order valence-electron chi connectivity index (χ4n) is 2.04. The molecule has 0 aliphatic rings. The van der Waals surface area contributed by atoms with Crippen molar-refractivity contribution in [3.05, 3.63) is 69.0 Å². The first-order valence-corrected chi connectivity index (χ1v) is 6.68. The van der Waals surface area contributed by atoms with Gasteiger partial charge in [-0.05, 0) is 42.7 Å². The summed E-state index contributed by atoms with van der Waals surface area (Å²) < 4.78 is 40.9. The van der Waals surface area contributed by atoms with Crippen molar-refractivity contribution in [1.29, 1.82) is 0 Å². The highest BCUT2D eigenvalue weighted by atomic mass is 35.5. The third kappa shape index (κ3) is 2.79. The predicted molar refractivity (Wildman–Crippen MR) is 74.9 cm³/mol. The van der Waals surface area contributed by atoms with Crippen molar-refractivity contribution in [2.45, 2.75) is 19.2 Å². The zero-order valence-corrected chi connectivity index (χ0v) is 12.3. The Hall–Kier alpha value is -1.19. The van der Waals surface area contributed by atoms with E-state index in [2.05, 4.69) is 0 Å². The SMILES string of the molecule is Cc1cc(C(Cl)c2cc(F)c(Cl)cc2F)cc(C)c1F. The first kappa shape index (κ1) is 15.2. The smallest absolute Gasteiger partial charge is 0.142 e. The zero-order chi connectivity index (χ0) is 15.0. The van der Waals surface area contributed by atoms with Crippen LogP contribution < -0.4 is 0 Å². The molecule has 0 fully saturated rings. The van der Waals surface area contributed by atoms with Gasteiger partial charge in [-0.25, -0.2) is 13.2 Å². The summed E-state index contributed by atoms with van der Waals surface area (Å²) in [5.41, 5.74) is 1.28. The van der Waals surface area contributed by atoms with Gasteiger partial charge in [-0.1, -0.05) is 23.7 Å². The first-order valence-electron chi connectivity index (χ1n) is 5.86. The maximum absolute atomic E-state index is 13.8. The molecule has 0 aliphatic carbocycles. The molecule has 1 atom stereocenters. The molecule has 0 heterocycles. The fraction of sp³-hybridized carbons (Fsp3) is 0.200. The quantitative estimate of drug-likeness (QED) is 0.492. The Morgan fingerprint density at radius 2 is 1.45 bits per heavy atom. The highest BCUT2D eigenvalue weighted by molar-refractivity contribution is 6.30. The number of benzene rings is 2. The second-order valence-corrected chi connectivity index (χ2v) is 5.46. The molecule has 0 bridgehead atoms. The second kappa shape index (κ2) is 5.66. The predicted octanol–water partition coefficient (Wildman–Crippen LogP) is 5.70. The van der Waals surface area contributed by atoms with Gasteiger partial charge in [0.25, 0.3) is 0 Å². The molecule has 2 aromatic rings. The standard InChI is InChI=1S/C15H11Cl2F3/c1-7-3-9(4-8(2)15(7)20)14(17)10-5-13(19)11(16)6-12(10)18/h3-6,14H,1-2H3. The molecule has 1 unspecified atom stereocenters. The number of aryl methyl sites for hydroxylation is 2. The van der Waals surface area contributed by atoms with Gasteiger partial charge >= 0.3 is 0 Å². The van der Waals surface area contributed by atoms with Crippen molar-refractivity contribution >= 4 is 23.2 Å². The summed E-state index contributed by atoms with van der Waals surface area (Å²) in [6.45, 7) is 3.18. The van der Waals surface area contributed by atoms with Gasteiger partial charge in [-0.15, -0.1) is 11.6 Å². The molecule has 0 saturated heterocycles. The lowest BCUT2D eigenvalue weighted by atomic mass is 9.99. The van der Waals surface area contributed by atoms with Crippen LogP contribution in [0.4, 0.5) is 13.2 Å². The Morgan fingerprint density at radius 1 is 0.900 bits per heavy atom. The van der Waals surface area contributed by atoms with E-state index in [0.717, 1.165) is 12.1 Å². The lowest BCUT2D eigenvalue weighted by Gasteiger charge is -2.14. The van der Waals surface area contributed by atoms with Gasteiger partial charge in [0, 0.05) is 5.56 Å². The van der Waals surface area contributed by atoms with Crippen LogP contribution in [0.1, 0.15) is 27.6 Å². The van der Waals surface area contributed by atoms with Crippen LogP contribution in [0.25, 0.3) is 0 Å². The number of hydrogen-bond donors (Lipinski definition) is 0. The summed E-state index contributed by atoms with van der Waals surface area (Å²) in [7, 11) is 0. The molecule has 5 heteroatoms. The van der Waals surface area contributed by atoms with Crippen molar-refractivity contribution in [2.75, 3.05) is 0 Å². The van der Waals surface area contributed by atoms with Crippen LogP contribution >= 0.6 is 23.2 Å². The minimum absolute atomic E-state index is 0.0287. The summed E-state index contributed by atoms with van der Waals surface area (Å²) in [6.07, 6.45) is 0. The van der Waals surface area contributed by atoms with Crippen molar-refractivity contribution in [1.82, 2.24) is 0 Å². The minimum Gasteiger partial charge on any atom is -0.207 e. The molecule has 20 heavy (non-hydrogen) atoms. The van der Waals surface area contributed by atoms with Gasteiger partial charge in [-0.3, -0.25) is 0 Å². The topological polar surface area (TPSA) is 0 Å². The van der Waals surface area contributed by atoms with E-state index >= 15 is 0 Å². The highest BCUT2D eigenvalue weighted by Crippen LogP contribution is 2.34. The molecular formula is C15H11Cl2F3. The summed E-state index contributed by atoms with van der Waals surface area (Å²) in [5, 5.41) is -1.22. The van der Waals surface area contributed by atoms with Gasteiger partial charge in [-0.2, -0.15) is 0 Å². The number of halogens is 5. The van der Waals surface area contributed by atoms with Crippen molar-refractivity contribution in [3.63, 3.8) is 0 Å². The van der Waals surface area contributed by atoms with Gasteiger partial charge in [0.05, 0.1) is 10.4 Å². The molecule has 106 valence electrons. The van der Waals surface area contributed by atoms with E-state index in [9.17, 15) is 13.2 Å². The molecule has 2 rings (SSSR count). The average Bonchev–Trinajstić information content (AvgIpc) is 2.38. The van der Waals surface area contributed by atoms with Crippen LogP contribution in [0.2, 0.25) is 5.02 Å². The van der Waals surface area contributed by atoms with Crippen LogP contribution in [0.3, 0.4) is 0 Å². The third-order valence-electron chi connectivity index (χ3n) is 3.06. The van der Waals surface area contributed by atoms with E-state index in [4.69, 9.17) is 23.2 Å². The molecule has 0 aromatic heterocycles. The van der Waals surface area contributed by atoms with E-state index in [1.165, 1.54) is 12.1 Å². The fourth-order valence-corrected chi connectivity index (χ4v) is 2.48. The molecule has 0 N–H and O–H groups in total. The van der Waals surface area contributed by atoms with E-state index in [1.54, 1.807) is 13.8 Å². The summed E-state index contributed by atoms with van der Waals surface area (Å²) in [6, 6.07) is 4.88. The highest BCUT2D eigenvalue weighted by Gasteiger charge is 2.19. The van der Waals surface area contributed by atoms with Crippen molar-refractivity contribution in [3.8, 4) is 0 Å². The Balaban J connectivity index is 2.51. The summed E-state index contributed by atoms with van der Waals surface area (Å²) >= 11 is 11.7. The van der Waals surface area contributed by atoms with Crippen LogP contribution in [0.5, 0.6) is 0 Å². The number of alkyl halides is 1. The monoisotopic (exact) mass is 318 g/mol. The Kier molecular flexibility index (Phi) is 4.31. The normalized spacial score (nSPS) is 12.6. The second-order valence-electron chi connectivity index (χ2n) is 4.62. The largest absolute Gasteiger partial charge is 0.207 e. The molecule has 2 aromatic carbocycles. The minimum atomic E-state index is -0.917. The molecule has 0 amide bonds. The molecule has 0 nitrogen and oxygen atoms in total. The van der Waals surface area contributed by atoms with Crippen LogP contribution in [0, 0.1) is 31.3 Å². The molecule has 0 saturated carbocycles. The molecule has 0 aliphatic heterocycles. The molecule has 0 radical (unpaired) electrons. The van der Waals surface area contributed by atoms with Crippen molar-refractivity contribution < 1.29 is 13.2 Å². The van der Waals surface area contributed by atoms with Gasteiger partial charge < -0.3 is 0 Å². The Morgan fingerprint density at radius 3 is 2.00 bits per heavy atom. The van der Waals surface area contributed by atoms with E-state index in [0.29, 0.717) is 16.7 Å². The maximum atomic E-state index is 13.8. The van der Waals surface area contributed by atoms with Gasteiger partial charge in [0.15, 0.2) is 0 Å². The third-order valence-corrected chi connectivity index (χ3v) is 3.84. The van der Waals surface area contributed by atoms with Crippen LogP contribution in [-0.2, 0) is 0 Å². The van der Waals surface area contributed by atoms with E-state index < -0.39 is 17.0 Å². The average molecular weight is 319 g/mol. The molecular weight excluding hydrogens is 308 g/mol. The van der Waals surface area contributed by atoms with Gasteiger partial charge in [0.2, 0.25) is 0 Å². The maximum Gasteiger partial charge on any atom is 0.142 e. The number of hydrogen-bond acceptors (Lipinski definition) is 0. The summed E-state index contributed by atoms with van der Waals surface area (Å²) in [4.78, 5) is 0.